The van der Waals surface area contributed by atoms with Gasteiger partial charge in [0.2, 0.25) is 0 Å². The first-order valence-electron chi connectivity index (χ1n) is 8.78. The average molecular weight is 367 g/mol. The second-order valence-corrected chi connectivity index (χ2v) is 6.85. The van der Waals surface area contributed by atoms with E-state index in [1.165, 1.54) is 12.3 Å². The van der Waals surface area contributed by atoms with Crippen molar-refractivity contribution in [1.82, 2.24) is 19.5 Å². The molecule has 0 amide bonds. The van der Waals surface area contributed by atoms with Crippen molar-refractivity contribution in [2.45, 2.75) is 31.7 Å². The Morgan fingerprint density at radius 2 is 1.93 bits per heavy atom. The number of aromatic nitrogens is 5. The van der Waals surface area contributed by atoms with Crippen LogP contribution in [0.1, 0.15) is 36.6 Å². The molecular weight excluding hydrogens is 352 g/mol. The van der Waals surface area contributed by atoms with E-state index in [0.717, 1.165) is 37.4 Å². The summed E-state index contributed by atoms with van der Waals surface area (Å²) in [4.78, 5) is 13.3. The maximum absolute atomic E-state index is 14.2. The smallest absolute Gasteiger partial charge is 0.197 e. The summed E-state index contributed by atoms with van der Waals surface area (Å²) in [6.45, 7) is 0.283. The molecule has 1 fully saturated rings. The van der Waals surface area contributed by atoms with Gasteiger partial charge in [0.05, 0.1) is 11.9 Å². The van der Waals surface area contributed by atoms with Crippen LogP contribution in [-0.2, 0) is 6.54 Å². The lowest BCUT2D eigenvalue weighted by Crippen LogP contribution is -2.26. The Hall–Kier alpha value is -3.16. The standard InChI is InChI=1S/C19H15F2N5O/c20-15-5-4-13-12(8-25(27)10-14(13)16(15)21)9-26-18(11-2-1-3-11)24-17-19(26)23-7-6-22-17/h4-8,10-11H,1-3,9H2. The van der Waals surface area contributed by atoms with E-state index in [1.807, 2.05) is 4.57 Å². The van der Waals surface area contributed by atoms with Gasteiger partial charge in [0.1, 0.15) is 5.82 Å². The summed E-state index contributed by atoms with van der Waals surface area (Å²) in [7, 11) is 0. The molecule has 1 saturated carbocycles. The maximum Gasteiger partial charge on any atom is 0.197 e. The maximum atomic E-state index is 14.2. The molecular formula is C19H15F2N5O. The number of hydrogen-bond donors (Lipinski definition) is 0. The van der Waals surface area contributed by atoms with Crippen molar-refractivity contribution in [3.8, 4) is 0 Å². The van der Waals surface area contributed by atoms with Crippen molar-refractivity contribution < 1.29 is 13.5 Å². The second-order valence-electron chi connectivity index (χ2n) is 6.85. The summed E-state index contributed by atoms with van der Waals surface area (Å²) in [6, 6.07) is 2.58. The summed E-state index contributed by atoms with van der Waals surface area (Å²) in [5.41, 5.74) is 1.75. The Labute approximate surface area is 152 Å². The Morgan fingerprint density at radius 3 is 2.70 bits per heavy atom. The van der Waals surface area contributed by atoms with Gasteiger partial charge < -0.3 is 9.77 Å². The fourth-order valence-electron chi connectivity index (χ4n) is 3.66. The predicted molar refractivity (Wildman–Crippen MR) is 93.8 cm³/mol. The quantitative estimate of drug-likeness (QED) is 0.412. The zero-order valence-electron chi connectivity index (χ0n) is 14.3. The van der Waals surface area contributed by atoms with Gasteiger partial charge in [0.15, 0.2) is 35.3 Å². The van der Waals surface area contributed by atoms with Crippen LogP contribution in [0.3, 0.4) is 0 Å². The summed E-state index contributed by atoms with van der Waals surface area (Å²) >= 11 is 0. The molecule has 1 aromatic carbocycles. The molecule has 1 aliphatic carbocycles. The van der Waals surface area contributed by atoms with E-state index in [4.69, 9.17) is 0 Å². The number of nitrogens with zero attached hydrogens (tertiary/aromatic N) is 5. The van der Waals surface area contributed by atoms with Gasteiger partial charge in [-0.3, -0.25) is 0 Å². The van der Waals surface area contributed by atoms with Crippen molar-refractivity contribution in [1.29, 1.82) is 0 Å². The van der Waals surface area contributed by atoms with Gasteiger partial charge in [0, 0.05) is 29.3 Å². The molecule has 4 aromatic rings. The first kappa shape index (κ1) is 16.0. The second kappa shape index (κ2) is 5.94. The molecule has 5 rings (SSSR count). The van der Waals surface area contributed by atoms with Crippen molar-refractivity contribution in [3.63, 3.8) is 0 Å². The largest absolute Gasteiger partial charge is 0.619 e. The minimum absolute atomic E-state index is 0.0387. The Balaban J connectivity index is 1.71. The highest BCUT2D eigenvalue weighted by Gasteiger charge is 2.27. The SMILES string of the molecule is [O-][n+]1cc(Cn2c(C3CCC3)nc3nccnc32)c2ccc(F)c(F)c2c1. The third-order valence-corrected chi connectivity index (χ3v) is 5.23. The van der Waals surface area contributed by atoms with E-state index in [9.17, 15) is 14.0 Å². The van der Waals surface area contributed by atoms with Crippen molar-refractivity contribution in [2.75, 3.05) is 0 Å². The van der Waals surface area contributed by atoms with Crippen LogP contribution in [0.25, 0.3) is 22.1 Å². The van der Waals surface area contributed by atoms with E-state index < -0.39 is 11.6 Å². The topological polar surface area (TPSA) is 70.5 Å². The fraction of sp³-hybridized carbons (Fsp3) is 0.263. The molecule has 8 heteroatoms. The number of fused-ring (bicyclic) bond motifs is 2. The van der Waals surface area contributed by atoms with Gasteiger partial charge >= 0.3 is 0 Å². The molecule has 0 aliphatic heterocycles. The van der Waals surface area contributed by atoms with Gasteiger partial charge in [-0.1, -0.05) is 12.5 Å². The van der Waals surface area contributed by atoms with Crippen LogP contribution in [0, 0.1) is 16.8 Å². The molecule has 0 saturated heterocycles. The molecule has 0 bridgehead atoms. The van der Waals surface area contributed by atoms with Gasteiger partial charge in [-0.15, -0.1) is 0 Å². The van der Waals surface area contributed by atoms with Crippen LogP contribution < -0.4 is 4.73 Å². The molecule has 0 unspecified atom stereocenters. The number of halogens is 2. The van der Waals surface area contributed by atoms with Crippen molar-refractivity contribution in [2.24, 2.45) is 0 Å². The Bertz CT molecular complexity index is 1190. The van der Waals surface area contributed by atoms with Crippen LogP contribution in [-0.4, -0.2) is 19.5 Å². The van der Waals surface area contributed by atoms with Crippen LogP contribution in [0.15, 0.2) is 36.9 Å². The minimum atomic E-state index is -1.02. The Kier molecular flexibility index (Phi) is 3.53. The third-order valence-electron chi connectivity index (χ3n) is 5.23. The lowest BCUT2D eigenvalue weighted by molar-refractivity contribution is -0.604. The summed E-state index contributed by atoms with van der Waals surface area (Å²) < 4.78 is 30.2. The molecule has 27 heavy (non-hydrogen) atoms. The predicted octanol–water partition coefficient (Wildman–Crippen LogP) is 3.21. The number of hydrogen-bond acceptors (Lipinski definition) is 4. The monoisotopic (exact) mass is 367 g/mol. The van der Waals surface area contributed by atoms with Crippen LogP contribution in [0.2, 0.25) is 0 Å². The van der Waals surface area contributed by atoms with Gasteiger partial charge in [-0.05, 0) is 18.9 Å². The zero-order valence-corrected chi connectivity index (χ0v) is 14.3. The molecule has 0 N–H and O–H groups in total. The molecule has 0 spiro atoms. The minimum Gasteiger partial charge on any atom is -0.619 e. The van der Waals surface area contributed by atoms with Crippen LogP contribution in [0.5, 0.6) is 0 Å². The van der Waals surface area contributed by atoms with E-state index in [0.29, 0.717) is 32.9 Å². The molecule has 3 aromatic heterocycles. The molecule has 3 heterocycles. The van der Waals surface area contributed by atoms with Gasteiger partial charge in [-0.2, -0.15) is 4.73 Å². The molecule has 0 atom stereocenters. The first-order chi connectivity index (χ1) is 13.1. The molecule has 0 radical (unpaired) electrons. The van der Waals surface area contributed by atoms with E-state index >= 15 is 0 Å². The Morgan fingerprint density at radius 1 is 1.11 bits per heavy atom. The number of rotatable bonds is 3. The van der Waals surface area contributed by atoms with E-state index in [-0.39, 0.29) is 11.9 Å². The normalized spacial score (nSPS) is 14.7. The number of pyridine rings is 1. The van der Waals surface area contributed by atoms with Crippen molar-refractivity contribution in [3.05, 3.63) is 65.1 Å². The molecule has 136 valence electrons. The summed E-state index contributed by atoms with van der Waals surface area (Å²) in [5, 5.41) is 12.5. The van der Waals surface area contributed by atoms with Gasteiger partial charge in [-0.25, -0.2) is 23.7 Å². The summed E-state index contributed by atoms with van der Waals surface area (Å²) in [5.74, 6) is -0.800. The van der Waals surface area contributed by atoms with Crippen LogP contribution >= 0.6 is 0 Å². The average Bonchev–Trinajstić information content (AvgIpc) is 2.95. The van der Waals surface area contributed by atoms with E-state index in [1.54, 1.807) is 12.4 Å². The van der Waals surface area contributed by atoms with Gasteiger partial charge in [0.25, 0.3) is 0 Å². The highest BCUT2D eigenvalue weighted by Crippen LogP contribution is 2.37. The highest BCUT2D eigenvalue weighted by molar-refractivity contribution is 5.85. The highest BCUT2D eigenvalue weighted by atomic mass is 19.2. The van der Waals surface area contributed by atoms with Crippen LogP contribution in [0.4, 0.5) is 8.78 Å². The fourth-order valence-corrected chi connectivity index (χ4v) is 3.66. The lowest BCUT2D eigenvalue weighted by atomic mass is 9.85. The summed E-state index contributed by atoms with van der Waals surface area (Å²) in [6.07, 6.45) is 8.85. The lowest BCUT2D eigenvalue weighted by Gasteiger charge is -2.25. The number of benzene rings is 1. The number of imidazole rings is 1. The molecule has 6 nitrogen and oxygen atoms in total. The van der Waals surface area contributed by atoms with Crippen molar-refractivity contribution >= 4 is 22.1 Å². The van der Waals surface area contributed by atoms with E-state index in [2.05, 4.69) is 15.0 Å². The first-order valence-corrected chi connectivity index (χ1v) is 8.78. The molecule has 1 aliphatic rings. The zero-order chi connectivity index (χ0) is 18.5. The third kappa shape index (κ3) is 2.51.